The number of rotatable bonds is 3. The van der Waals surface area contributed by atoms with Crippen LogP contribution in [0.4, 0.5) is 10.1 Å². The quantitative estimate of drug-likeness (QED) is 0.416. The molecule has 6 rings (SSSR count). The topological polar surface area (TPSA) is 90.5 Å². The van der Waals surface area contributed by atoms with Crippen LogP contribution >= 0.6 is 23.2 Å². The van der Waals surface area contributed by atoms with E-state index < -0.39 is 34.3 Å². The molecule has 0 bridgehead atoms. The zero-order valence-corrected chi connectivity index (χ0v) is 22.8. The minimum atomic E-state index is -1.25. The molecule has 2 aliphatic heterocycles. The van der Waals surface area contributed by atoms with Crippen molar-refractivity contribution in [2.75, 3.05) is 5.32 Å². The second kappa shape index (κ2) is 9.19. The van der Waals surface area contributed by atoms with Crippen molar-refractivity contribution in [3.63, 3.8) is 0 Å². The molecule has 2 saturated carbocycles. The normalized spacial score (nSPS) is 33.5. The average molecular weight is 560 g/mol. The number of carbonyl (C=O) groups is 2. The van der Waals surface area contributed by atoms with Crippen LogP contribution in [0.25, 0.3) is 0 Å². The molecule has 1 saturated heterocycles. The van der Waals surface area contributed by atoms with Crippen molar-refractivity contribution in [1.29, 1.82) is 0 Å². The Kier molecular flexibility index (Phi) is 6.30. The smallest absolute Gasteiger partial charge is 0.238 e. The van der Waals surface area contributed by atoms with Crippen LogP contribution in [0, 0.1) is 5.82 Å². The van der Waals surface area contributed by atoms with Gasteiger partial charge in [-0.3, -0.25) is 14.9 Å². The lowest BCUT2D eigenvalue weighted by Crippen LogP contribution is -2.59. The van der Waals surface area contributed by atoms with Crippen LogP contribution in [0.15, 0.2) is 36.4 Å². The third kappa shape index (κ3) is 3.80. The number of amides is 2. The molecule has 0 unspecified atom stereocenters. The summed E-state index contributed by atoms with van der Waals surface area (Å²) in [6.07, 6.45) is 6.05. The summed E-state index contributed by atoms with van der Waals surface area (Å²) in [7, 11) is 0. The molecule has 2 aromatic rings. The molecule has 0 radical (unpaired) electrons. The van der Waals surface area contributed by atoms with Gasteiger partial charge in [-0.25, -0.2) is 4.39 Å². The van der Waals surface area contributed by atoms with Gasteiger partial charge in [0.05, 0.1) is 16.7 Å². The van der Waals surface area contributed by atoms with E-state index in [1.807, 2.05) is 6.07 Å². The molecule has 2 heterocycles. The highest BCUT2D eigenvalue weighted by molar-refractivity contribution is 6.31. The van der Waals surface area contributed by atoms with Crippen LogP contribution in [0.1, 0.15) is 75.3 Å². The summed E-state index contributed by atoms with van der Waals surface area (Å²) in [6.45, 7) is 1.74. The van der Waals surface area contributed by atoms with Crippen LogP contribution in [0.2, 0.25) is 10.0 Å². The predicted octanol–water partition coefficient (Wildman–Crippen LogP) is 5.20. The van der Waals surface area contributed by atoms with E-state index in [0.29, 0.717) is 36.4 Å². The van der Waals surface area contributed by atoms with Crippen molar-refractivity contribution in [1.82, 2.24) is 10.6 Å². The summed E-state index contributed by atoms with van der Waals surface area (Å²) in [6, 6.07) is 9.04. The molecule has 3 atom stereocenters. The minimum absolute atomic E-state index is 0.0524. The van der Waals surface area contributed by atoms with Gasteiger partial charge in [-0.1, -0.05) is 67.1 Å². The molecule has 2 amide bonds. The fourth-order valence-corrected chi connectivity index (χ4v) is 8.14. The Balaban J connectivity index is 1.56. The van der Waals surface area contributed by atoms with Gasteiger partial charge in [-0.15, -0.1) is 0 Å². The number of aliphatic hydroxyl groups is 1. The molecular formula is C29H32Cl2FN3O3. The van der Waals surface area contributed by atoms with Crippen molar-refractivity contribution in [2.24, 2.45) is 0 Å². The second-order valence-electron chi connectivity index (χ2n) is 11.8. The van der Waals surface area contributed by atoms with E-state index in [0.717, 1.165) is 31.2 Å². The Morgan fingerprint density at radius 2 is 1.82 bits per heavy atom. The fourth-order valence-electron chi connectivity index (χ4n) is 7.79. The van der Waals surface area contributed by atoms with E-state index in [-0.39, 0.29) is 28.4 Å². The number of carbonyl (C=O) groups excluding carboxylic acids is 2. The number of hydrogen-bond donors (Lipinski definition) is 4. The zero-order chi connectivity index (χ0) is 26.9. The van der Waals surface area contributed by atoms with Crippen molar-refractivity contribution in [2.45, 2.75) is 92.8 Å². The number of halogens is 3. The summed E-state index contributed by atoms with van der Waals surface area (Å²) < 4.78 is 15.9. The molecule has 2 aliphatic carbocycles. The SMILES string of the molecule is C[C@]1(O)C[C@@H](NC(=O)[C@@H]2NC3(CCCCCC3)[C@@]3(C(=O)Nc4cc(Cl)ccc43)[C@H]2c2cccc(Cl)c2F)C1. The largest absolute Gasteiger partial charge is 0.390 e. The summed E-state index contributed by atoms with van der Waals surface area (Å²) in [5.74, 6) is -2.03. The highest BCUT2D eigenvalue weighted by Gasteiger charge is 2.72. The first-order valence-electron chi connectivity index (χ1n) is 13.4. The third-order valence-corrected chi connectivity index (χ3v) is 9.80. The third-order valence-electron chi connectivity index (χ3n) is 9.27. The lowest BCUT2D eigenvalue weighted by atomic mass is 9.57. The van der Waals surface area contributed by atoms with Crippen molar-refractivity contribution in [3.05, 3.63) is 63.4 Å². The molecule has 6 nitrogen and oxygen atoms in total. The summed E-state index contributed by atoms with van der Waals surface area (Å²) in [4.78, 5) is 28.4. The predicted molar refractivity (Wildman–Crippen MR) is 145 cm³/mol. The molecule has 202 valence electrons. The van der Waals surface area contributed by atoms with E-state index in [9.17, 15) is 14.7 Å². The Bertz CT molecular complexity index is 1300. The van der Waals surface area contributed by atoms with Gasteiger partial charge < -0.3 is 15.7 Å². The number of hydrogen-bond acceptors (Lipinski definition) is 4. The monoisotopic (exact) mass is 559 g/mol. The van der Waals surface area contributed by atoms with Gasteiger partial charge in [-0.05, 0) is 61.9 Å². The Morgan fingerprint density at radius 1 is 1.11 bits per heavy atom. The van der Waals surface area contributed by atoms with Crippen LogP contribution in [0.3, 0.4) is 0 Å². The van der Waals surface area contributed by atoms with Gasteiger partial charge in [0.25, 0.3) is 0 Å². The first kappa shape index (κ1) is 26.1. The Morgan fingerprint density at radius 3 is 2.50 bits per heavy atom. The van der Waals surface area contributed by atoms with Gasteiger partial charge in [-0.2, -0.15) is 0 Å². The van der Waals surface area contributed by atoms with E-state index in [4.69, 9.17) is 23.2 Å². The highest BCUT2D eigenvalue weighted by atomic mass is 35.5. The van der Waals surface area contributed by atoms with E-state index in [1.165, 1.54) is 6.07 Å². The van der Waals surface area contributed by atoms with E-state index >= 15 is 4.39 Å². The molecule has 4 N–H and O–H groups in total. The van der Waals surface area contributed by atoms with Crippen LogP contribution in [-0.4, -0.2) is 40.1 Å². The van der Waals surface area contributed by atoms with Crippen molar-refractivity contribution >= 4 is 40.7 Å². The summed E-state index contributed by atoms with van der Waals surface area (Å²) in [5, 5.41) is 20.4. The number of nitrogens with one attached hydrogen (secondary N) is 3. The minimum Gasteiger partial charge on any atom is -0.390 e. The maximum Gasteiger partial charge on any atom is 0.238 e. The Labute approximate surface area is 231 Å². The maximum absolute atomic E-state index is 15.9. The molecular weight excluding hydrogens is 528 g/mol. The standard InChI is InChI=1S/C29H32Cl2FN3O3/c1-27(38)14-17(15-27)33-25(36)24-22(18-7-6-8-20(31)23(18)32)29(28(35-24)11-4-2-3-5-12-28)19-10-9-16(30)13-21(19)34-26(29)37/h6-10,13,17,22,24,35,38H,2-5,11-12,14-15H2,1H3,(H,33,36)(H,34,37)/t17-,22-,24+,27+,29+/m0/s1. The fraction of sp³-hybridized carbons (Fsp3) is 0.517. The van der Waals surface area contributed by atoms with Gasteiger partial charge in [0.1, 0.15) is 11.2 Å². The van der Waals surface area contributed by atoms with Crippen LogP contribution in [-0.2, 0) is 15.0 Å². The lowest BCUT2D eigenvalue weighted by molar-refractivity contribution is -0.127. The molecule has 38 heavy (non-hydrogen) atoms. The molecule has 2 spiro atoms. The molecule has 4 aliphatic rings. The second-order valence-corrected chi connectivity index (χ2v) is 12.6. The zero-order valence-electron chi connectivity index (χ0n) is 21.3. The van der Waals surface area contributed by atoms with E-state index in [1.54, 1.807) is 31.2 Å². The van der Waals surface area contributed by atoms with Crippen molar-refractivity contribution in [3.8, 4) is 0 Å². The first-order valence-corrected chi connectivity index (χ1v) is 14.2. The average Bonchev–Trinajstić information content (AvgIpc) is 3.15. The van der Waals surface area contributed by atoms with Crippen LogP contribution in [0.5, 0.6) is 0 Å². The Hall–Kier alpha value is -2.19. The highest BCUT2D eigenvalue weighted by Crippen LogP contribution is 2.62. The first-order chi connectivity index (χ1) is 18.1. The van der Waals surface area contributed by atoms with Crippen LogP contribution < -0.4 is 16.0 Å². The maximum atomic E-state index is 15.9. The molecule has 2 aromatic carbocycles. The van der Waals surface area contributed by atoms with Gasteiger partial charge >= 0.3 is 0 Å². The molecule has 0 aromatic heterocycles. The number of anilines is 1. The lowest BCUT2D eigenvalue weighted by Gasteiger charge is -2.44. The molecule has 3 fully saturated rings. The number of benzene rings is 2. The van der Waals surface area contributed by atoms with Gasteiger partial charge in [0, 0.05) is 28.2 Å². The summed E-state index contributed by atoms with van der Waals surface area (Å²) >= 11 is 12.6. The van der Waals surface area contributed by atoms with Crippen molar-refractivity contribution < 1.29 is 19.1 Å². The van der Waals surface area contributed by atoms with E-state index in [2.05, 4.69) is 16.0 Å². The number of fused-ring (bicyclic) bond motifs is 3. The summed E-state index contributed by atoms with van der Waals surface area (Å²) in [5.41, 5.74) is -1.28. The molecule has 9 heteroatoms. The van der Waals surface area contributed by atoms with Gasteiger partial charge in [0.2, 0.25) is 11.8 Å². The van der Waals surface area contributed by atoms with Gasteiger partial charge in [0.15, 0.2) is 0 Å².